The van der Waals surface area contributed by atoms with Crippen LogP contribution in [0.5, 0.6) is 0 Å². The third-order valence-electron chi connectivity index (χ3n) is 3.07. The van der Waals surface area contributed by atoms with Crippen LogP contribution in [0.2, 0.25) is 0 Å². The number of nitrogens with zero attached hydrogens (tertiary/aromatic N) is 4. The van der Waals surface area contributed by atoms with E-state index in [4.69, 9.17) is 4.74 Å². The minimum Gasteiger partial charge on any atom is -0.444 e. The lowest BCUT2D eigenvalue weighted by molar-refractivity contribution is 0.0299. The number of benzene rings is 1. The molecule has 0 aliphatic heterocycles. The number of anilines is 1. The molecule has 1 N–H and O–H groups in total. The number of nitrogens with one attached hydrogen (secondary N) is 1. The van der Waals surface area contributed by atoms with Crippen molar-refractivity contribution < 1.29 is 14.3 Å². The predicted octanol–water partition coefficient (Wildman–Crippen LogP) is 3.35. The summed E-state index contributed by atoms with van der Waals surface area (Å²) in [5, 5.41) is 11.3. The Balaban J connectivity index is 0.00000326. The summed E-state index contributed by atoms with van der Waals surface area (Å²) >= 11 is 0. The van der Waals surface area contributed by atoms with Crippen molar-refractivity contribution in [1.82, 2.24) is 10.2 Å². The Bertz CT molecular complexity index is 632. The number of likely N-dealkylation sites (N-methyl/N-ethyl adjacent to an activating group) is 1. The van der Waals surface area contributed by atoms with E-state index in [2.05, 4.69) is 29.0 Å². The molecule has 0 radical (unpaired) electrons. The SMILES string of the molecule is C=NN(N=C)c1ccccc1C(=O)NCCN(C)C(=O)OC(C)(C)C.CC. The Morgan fingerprint density at radius 3 is 2.22 bits per heavy atom. The molecule has 0 fully saturated rings. The first-order chi connectivity index (χ1) is 12.7. The zero-order chi connectivity index (χ0) is 21.0. The molecule has 1 aromatic carbocycles. The zero-order valence-corrected chi connectivity index (χ0v) is 17.2. The van der Waals surface area contributed by atoms with Crippen molar-refractivity contribution in [1.29, 1.82) is 0 Å². The van der Waals surface area contributed by atoms with Gasteiger partial charge in [-0.1, -0.05) is 26.0 Å². The monoisotopic (exact) mass is 377 g/mol. The van der Waals surface area contributed by atoms with Gasteiger partial charge >= 0.3 is 6.09 Å². The maximum absolute atomic E-state index is 12.4. The van der Waals surface area contributed by atoms with E-state index in [9.17, 15) is 9.59 Å². The van der Waals surface area contributed by atoms with Gasteiger partial charge in [0.05, 0.1) is 11.3 Å². The number of carbonyl (C=O) groups excluding carboxylic acids is 2. The van der Waals surface area contributed by atoms with Crippen LogP contribution in [0.4, 0.5) is 10.5 Å². The Morgan fingerprint density at radius 2 is 1.70 bits per heavy atom. The standard InChI is InChI=1S/C17H25N5O3.C2H6/c1-17(2,3)25-16(24)21(6)12-11-20-15(23)13-9-7-8-10-14(13)22(18-4)19-5;1-2/h7-10H,4-5,11-12H2,1-3,6H3,(H,20,23);1-2H3. The lowest BCUT2D eigenvalue weighted by Crippen LogP contribution is -2.39. The van der Waals surface area contributed by atoms with Crippen LogP contribution in [0.3, 0.4) is 0 Å². The van der Waals surface area contributed by atoms with Crippen molar-refractivity contribution in [3.63, 3.8) is 0 Å². The van der Waals surface area contributed by atoms with Gasteiger partial charge in [-0.2, -0.15) is 15.3 Å². The van der Waals surface area contributed by atoms with Gasteiger partial charge < -0.3 is 15.0 Å². The minimum absolute atomic E-state index is 0.270. The Hall–Kier alpha value is -2.90. The molecule has 0 saturated heterocycles. The molecule has 0 aliphatic rings. The Kier molecular flexibility index (Phi) is 10.4. The third-order valence-corrected chi connectivity index (χ3v) is 3.07. The summed E-state index contributed by atoms with van der Waals surface area (Å²) in [5.74, 6) is -0.314. The second-order valence-electron chi connectivity index (χ2n) is 6.25. The summed E-state index contributed by atoms with van der Waals surface area (Å²) in [7, 11) is 1.61. The molecule has 0 aliphatic carbocycles. The topological polar surface area (TPSA) is 86.6 Å². The normalized spacial score (nSPS) is 10.0. The van der Waals surface area contributed by atoms with E-state index < -0.39 is 11.7 Å². The molecule has 150 valence electrons. The van der Waals surface area contributed by atoms with E-state index in [1.54, 1.807) is 52.1 Å². The van der Waals surface area contributed by atoms with Crippen LogP contribution >= 0.6 is 0 Å². The van der Waals surface area contributed by atoms with Gasteiger partial charge in [-0.25, -0.2) is 4.79 Å². The van der Waals surface area contributed by atoms with Gasteiger partial charge in [0.25, 0.3) is 5.91 Å². The van der Waals surface area contributed by atoms with Crippen molar-refractivity contribution in [2.24, 2.45) is 10.2 Å². The van der Waals surface area contributed by atoms with Crippen LogP contribution in [-0.2, 0) is 4.74 Å². The fourth-order valence-corrected chi connectivity index (χ4v) is 1.90. The Labute approximate surface area is 161 Å². The number of hydrogen-bond acceptors (Lipinski definition) is 6. The predicted molar refractivity (Wildman–Crippen MR) is 111 cm³/mol. The maximum atomic E-state index is 12.4. The average Bonchev–Trinajstić information content (AvgIpc) is 2.63. The zero-order valence-electron chi connectivity index (χ0n) is 17.2. The molecular formula is C19H31N5O3. The molecule has 8 heteroatoms. The second-order valence-corrected chi connectivity index (χ2v) is 6.25. The van der Waals surface area contributed by atoms with Gasteiger partial charge in [-0.05, 0) is 32.9 Å². The van der Waals surface area contributed by atoms with Crippen LogP contribution in [0.25, 0.3) is 0 Å². The van der Waals surface area contributed by atoms with Crippen LogP contribution in [0.15, 0.2) is 34.5 Å². The second kappa shape index (κ2) is 11.7. The number of carbonyl (C=O) groups is 2. The highest BCUT2D eigenvalue weighted by molar-refractivity contribution is 5.99. The first-order valence-electron chi connectivity index (χ1n) is 8.74. The molecule has 1 rings (SSSR count). The third kappa shape index (κ3) is 8.35. The fraction of sp³-hybridized carbons (Fsp3) is 0.474. The maximum Gasteiger partial charge on any atom is 0.410 e. The van der Waals surface area contributed by atoms with E-state index in [1.807, 2.05) is 13.8 Å². The van der Waals surface area contributed by atoms with E-state index in [0.29, 0.717) is 17.8 Å². The van der Waals surface area contributed by atoms with E-state index in [-0.39, 0.29) is 12.5 Å². The van der Waals surface area contributed by atoms with E-state index in [1.165, 1.54) is 10.0 Å². The number of para-hydroxylation sites is 1. The molecule has 0 saturated carbocycles. The van der Waals surface area contributed by atoms with E-state index >= 15 is 0 Å². The largest absolute Gasteiger partial charge is 0.444 e. The minimum atomic E-state index is -0.563. The molecule has 0 aromatic heterocycles. The number of hydrogen-bond donors (Lipinski definition) is 1. The summed E-state index contributed by atoms with van der Waals surface area (Å²) in [6.45, 7) is 16.8. The van der Waals surface area contributed by atoms with Crippen LogP contribution in [0.1, 0.15) is 45.0 Å². The van der Waals surface area contributed by atoms with Crippen molar-refractivity contribution >= 4 is 31.1 Å². The fourth-order valence-electron chi connectivity index (χ4n) is 1.90. The van der Waals surface area contributed by atoms with Gasteiger partial charge in [0.2, 0.25) is 0 Å². The number of ether oxygens (including phenoxy) is 1. The summed E-state index contributed by atoms with van der Waals surface area (Å²) in [4.78, 5) is 25.7. The molecule has 0 atom stereocenters. The lowest BCUT2D eigenvalue weighted by atomic mass is 10.1. The highest BCUT2D eigenvalue weighted by atomic mass is 16.6. The lowest BCUT2D eigenvalue weighted by Gasteiger charge is -2.24. The molecule has 27 heavy (non-hydrogen) atoms. The summed E-state index contributed by atoms with van der Waals surface area (Å²) < 4.78 is 5.25. The van der Waals surface area contributed by atoms with Crippen molar-refractivity contribution in [2.45, 2.75) is 40.2 Å². The van der Waals surface area contributed by atoms with Crippen molar-refractivity contribution in [3.05, 3.63) is 29.8 Å². The van der Waals surface area contributed by atoms with Crippen LogP contribution < -0.4 is 10.4 Å². The highest BCUT2D eigenvalue weighted by Crippen LogP contribution is 2.20. The van der Waals surface area contributed by atoms with Gasteiger partial charge in [0.1, 0.15) is 5.60 Å². The van der Waals surface area contributed by atoms with Crippen LogP contribution in [0, 0.1) is 0 Å². The van der Waals surface area contributed by atoms with E-state index in [0.717, 1.165) is 0 Å². The van der Waals surface area contributed by atoms with Crippen molar-refractivity contribution in [2.75, 3.05) is 25.3 Å². The molecule has 0 bridgehead atoms. The molecule has 0 spiro atoms. The van der Waals surface area contributed by atoms with Crippen LogP contribution in [-0.4, -0.2) is 56.1 Å². The average molecular weight is 377 g/mol. The quantitative estimate of drug-likeness (QED) is 0.583. The van der Waals surface area contributed by atoms with Crippen molar-refractivity contribution in [3.8, 4) is 0 Å². The summed E-state index contributed by atoms with van der Waals surface area (Å²) in [6, 6.07) is 6.82. The van der Waals surface area contributed by atoms with Gasteiger partial charge in [0, 0.05) is 33.6 Å². The Morgan fingerprint density at radius 1 is 1.15 bits per heavy atom. The smallest absolute Gasteiger partial charge is 0.410 e. The summed E-state index contributed by atoms with van der Waals surface area (Å²) in [5.41, 5.74) is 0.277. The number of rotatable bonds is 7. The first-order valence-corrected chi connectivity index (χ1v) is 8.74. The number of hydrazone groups is 2. The molecule has 1 aromatic rings. The molecule has 0 heterocycles. The molecule has 8 nitrogen and oxygen atoms in total. The summed E-state index contributed by atoms with van der Waals surface area (Å²) in [6.07, 6.45) is -0.444. The molecular weight excluding hydrogens is 346 g/mol. The highest BCUT2D eigenvalue weighted by Gasteiger charge is 2.20. The molecule has 0 unspecified atom stereocenters. The number of amides is 2. The van der Waals surface area contributed by atoms with Gasteiger partial charge in [0.15, 0.2) is 0 Å². The van der Waals surface area contributed by atoms with Gasteiger partial charge in [-0.15, -0.1) is 0 Å². The first kappa shape index (κ1) is 24.1. The molecule has 2 amide bonds. The van der Waals surface area contributed by atoms with Gasteiger partial charge in [-0.3, -0.25) is 4.79 Å².